The Kier molecular flexibility index (Phi) is 7.47. The number of rotatable bonds is 8. The standard InChI is InChI=1S/C18H23F3O5/c1-5-25-15(22)17(3,16(23)26-6-2)10-9-12-7-8-14(24-4)13(11-12)18(19,20)21/h7-8,11H,5-6,9-10H2,1-4H3. The van der Waals surface area contributed by atoms with E-state index in [0.29, 0.717) is 5.56 Å². The highest BCUT2D eigenvalue weighted by Crippen LogP contribution is 2.37. The van der Waals surface area contributed by atoms with Crippen LogP contribution < -0.4 is 4.74 Å². The van der Waals surface area contributed by atoms with Gasteiger partial charge in [-0.3, -0.25) is 9.59 Å². The van der Waals surface area contributed by atoms with Crippen molar-refractivity contribution in [1.29, 1.82) is 0 Å². The average Bonchev–Trinajstić information content (AvgIpc) is 2.59. The molecular weight excluding hydrogens is 353 g/mol. The molecule has 1 aromatic carbocycles. The van der Waals surface area contributed by atoms with E-state index in [4.69, 9.17) is 14.2 Å². The van der Waals surface area contributed by atoms with Gasteiger partial charge in [-0.2, -0.15) is 13.2 Å². The predicted octanol–water partition coefficient (Wildman–Crippen LogP) is 3.78. The van der Waals surface area contributed by atoms with E-state index in [-0.39, 0.29) is 31.8 Å². The lowest BCUT2D eigenvalue weighted by Crippen LogP contribution is -2.40. The predicted molar refractivity (Wildman–Crippen MR) is 87.7 cm³/mol. The van der Waals surface area contributed by atoms with E-state index in [2.05, 4.69) is 0 Å². The summed E-state index contributed by atoms with van der Waals surface area (Å²) in [5.74, 6) is -1.81. The number of carbonyl (C=O) groups excluding carboxylic acids is 2. The second kappa shape index (κ2) is 8.91. The van der Waals surface area contributed by atoms with Crippen molar-refractivity contribution in [2.24, 2.45) is 5.41 Å². The summed E-state index contributed by atoms with van der Waals surface area (Å²) >= 11 is 0. The summed E-state index contributed by atoms with van der Waals surface area (Å²) in [4.78, 5) is 24.4. The third-order valence-electron chi connectivity index (χ3n) is 3.93. The van der Waals surface area contributed by atoms with Crippen LogP contribution in [0.4, 0.5) is 13.2 Å². The molecule has 0 aliphatic carbocycles. The first-order valence-electron chi connectivity index (χ1n) is 8.18. The lowest BCUT2D eigenvalue weighted by Gasteiger charge is -2.25. The summed E-state index contributed by atoms with van der Waals surface area (Å²) in [5.41, 5.74) is -2.19. The van der Waals surface area contributed by atoms with Crippen LogP contribution >= 0.6 is 0 Å². The number of methoxy groups -OCH3 is 1. The van der Waals surface area contributed by atoms with Gasteiger partial charge < -0.3 is 14.2 Å². The first kappa shape index (κ1) is 21.8. The number of hydrogen-bond donors (Lipinski definition) is 0. The van der Waals surface area contributed by atoms with Gasteiger partial charge >= 0.3 is 18.1 Å². The van der Waals surface area contributed by atoms with E-state index in [1.165, 1.54) is 19.1 Å². The Morgan fingerprint density at radius 2 is 1.58 bits per heavy atom. The van der Waals surface area contributed by atoms with Gasteiger partial charge in [0.25, 0.3) is 0 Å². The van der Waals surface area contributed by atoms with Crippen molar-refractivity contribution in [2.45, 2.75) is 39.8 Å². The quantitative estimate of drug-likeness (QED) is 0.510. The molecule has 1 rings (SSSR count). The molecule has 0 unspecified atom stereocenters. The molecule has 0 radical (unpaired) electrons. The average molecular weight is 376 g/mol. The molecular formula is C18H23F3O5. The van der Waals surface area contributed by atoms with Gasteiger partial charge in [-0.05, 0) is 51.3 Å². The van der Waals surface area contributed by atoms with Crippen LogP contribution in [-0.2, 0) is 31.7 Å². The van der Waals surface area contributed by atoms with Gasteiger partial charge in [-0.1, -0.05) is 6.07 Å². The molecule has 8 heteroatoms. The number of hydrogen-bond acceptors (Lipinski definition) is 5. The summed E-state index contributed by atoms with van der Waals surface area (Å²) in [6.07, 6.45) is -4.57. The highest BCUT2D eigenvalue weighted by molar-refractivity contribution is 5.99. The zero-order chi connectivity index (χ0) is 20.0. The largest absolute Gasteiger partial charge is 0.496 e. The zero-order valence-corrected chi connectivity index (χ0v) is 15.2. The Bertz CT molecular complexity index is 622. The number of ether oxygens (including phenoxy) is 3. The Labute approximate surface area is 150 Å². The van der Waals surface area contributed by atoms with Crippen LogP contribution in [0.25, 0.3) is 0 Å². The number of alkyl halides is 3. The Balaban J connectivity index is 3.09. The molecule has 0 aliphatic rings. The van der Waals surface area contributed by atoms with Crippen LogP contribution in [0.15, 0.2) is 18.2 Å². The Morgan fingerprint density at radius 1 is 1.04 bits per heavy atom. The number of benzene rings is 1. The van der Waals surface area contributed by atoms with Crippen molar-refractivity contribution < 1.29 is 37.0 Å². The summed E-state index contributed by atoms with van der Waals surface area (Å²) in [6, 6.07) is 3.63. The maximum absolute atomic E-state index is 13.1. The zero-order valence-electron chi connectivity index (χ0n) is 15.2. The monoisotopic (exact) mass is 376 g/mol. The molecule has 0 aliphatic heterocycles. The van der Waals surface area contributed by atoms with E-state index in [1.54, 1.807) is 13.8 Å². The molecule has 0 N–H and O–H groups in total. The molecule has 5 nitrogen and oxygen atoms in total. The van der Waals surface area contributed by atoms with Crippen molar-refractivity contribution in [3.05, 3.63) is 29.3 Å². The van der Waals surface area contributed by atoms with Crippen molar-refractivity contribution in [3.63, 3.8) is 0 Å². The molecule has 0 heterocycles. The van der Waals surface area contributed by atoms with Gasteiger partial charge in [0.2, 0.25) is 0 Å². The third kappa shape index (κ3) is 5.12. The Morgan fingerprint density at radius 3 is 2.00 bits per heavy atom. The SMILES string of the molecule is CCOC(=O)C(C)(CCc1ccc(OC)c(C(F)(F)F)c1)C(=O)OCC. The molecule has 0 saturated heterocycles. The lowest BCUT2D eigenvalue weighted by molar-refractivity contribution is -0.171. The molecule has 0 fully saturated rings. The van der Waals surface area contributed by atoms with Crippen molar-refractivity contribution in [3.8, 4) is 5.75 Å². The fourth-order valence-electron chi connectivity index (χ4n) is 2.39. The minimum atomic E-state index is -4.58. The molecule has 0 saturated carbocycles. The summed E-state index contributed by atoms with van der Waals surface area (Å²) < 4.78 is 54.0. The molecule has 0 amide bonds. The number of carbonyl (C=O) groups is 2. The molecule has 26 heavy (non-hydrogen) atoms. The van der Waals surface area contributed by atoms with Crippen LogP contribution in [0.5, 0.6) is 5.75 Å². The molecule has 0 spiro atoms. The first-order chi connectivity index (χ1) is 12.1. The number of esters is 2. The van der Waals surface area contributed by atoms with E-state index in [1.807, 2.05) is 0 Å². The minimum absolute atomic E-state index is 0.0473. The molecule has 0 atom stereocenters. The highest BCUT2D eigenvalue weighted by atomic mass is 19.4. The first-order valence-corrected chi connectivity index (χ1v) is 8.18. The van der Waals surface area contributed by atoms with Crippen LogP contribution in [0.1, 0.15) is 38.3 Å². The normalized spacial score (nSPS) is 11.8. The van der Waals surface area contributed by atoms with Crippen molar-refractivity contribution in [2.75, 3.05) is 20.3 Å². The summed E-state index contributed by atoms with van der Waals surface area (Å²) in [7, 11) is 1.16. The van der Waals surface area contributed by atoms with Gasteiger partial charge in [-0.25, -0.2) is 0 Å². The van der Waals surface area contributed by atoms with Crippen molar-refractivity contribution in [1.82, 2.24) is 0 Å². The Hall–Kier alpha value is -2.25. The third-order valence-corrected chi connectivity index (χ3v) is 3.93. The van der Waals surface area contributed by atoms with E-state index >= 15 is 0 Å². The maximum Gasteiger partial charge on any atom is 0.419 e. The van der Waals surface area contributed by atoms with Crippen LogP contribution in [-0.4, -0.2) is 32.3 Å². The summed E-state index contributed by atoms with van der Waals surface area (Å²) in [6.45, 7) is 4.73. The van der Waals surface area contributed by atoms with E-state index in [0.717, 1.165) is 13.2 Å². The second-order valence-corrected chi connectivity index (χ2v) is 5.81. The van der Waals surface area contributed by atoms with E-state index < -0.39 is 29.1 Å². The van der Waals surface area contributed by atoms with Gasteiger partial charge in [0.15, 0.2) is 5.41 Å². The topological polar surface area (TPSA) is 61.8 Å². The minimum Gasteiger partial charge on any atom is -0.496 e. The van der Waals surface area contributed by atoms with E-state index in [9.17, 15) is 22.8 Å². The van der Waals surface area contributed by atoms with Crippen molar-refractivity contribution >= 4 is 11.9 Å². The smallest absolute Gasteiger partial charge is 0.419 e. The fourth-order valence-corrected chi connectivity index (χ4v) is 2.39. The van der Waals surface area contributed by atoms with Crippen LogP contribution in [0.3, 0.4) is 0 Å². The lowest BCUT2D eigenvalue weighted by atomic mass is 9.84. The van der Waals surface area contributed by atoms with Crippen LogP contribution in [0.2, 0.25) is 0 Å². The van der Waals surface area contributed by atoms with Gasteiger partial charge in [-0.15, -0.1) is 0 Å². The number of aryl methyl sites for hydroxylation is 1. The molecule has 0 bridgehead atoms. The molecule has 146 valence electrons. The maximum atomic E-state index is 13.1. The fraction of sp³-hybridized carbons (Fsp3) is 0.556. The van der Waals surface area contributed by atoms with Gasteiger partial charge in [0.1, 0.15) is 5.75 Å². The second-order valence-electron chi connectivity index (χ2n) is 5.81. The van der Waals surface area contributed by atoms with Gasteiger partial charge in [0.05, 0.1) is 25.9 Å². The summed E-state index contributed by atoms with van der Waals surface area (Å²) in [5, 5.41) is 0. The highest BCUT2D eigenvalue weighted by Gasteiger charge is 2.44. The molecule has 0 aromatic heterocycles. The van der Waals surface area contributed by atoms with Crippen LogP contribution in [0, 0.1) is 5.41 Å². The van der Waals surface area contributed by atoms with Gasteiger partial charge in [0, 0.05) is 0 Å². The number of halogens is 3. The molecule has 1 aromatic rings.